The van der Waals surface area contributed by atoms with Crippen LogP contribution in [0.25, 0.3) is 22.4 Å². The lowest BCUT2D eigenvalue weighted by Gasteiger charge is -2.10. The van der Waals surface area contributed by atoms with Crippen LogP contribution < -0.4 is 4.83 Å². The molecule has 3 aromatic rings. The van der Waals surface area contributed by atoms with E-state index in [-0.39, 0.29) is 4.83 Å². The van der Waals surface area contributed by atoms with Crippen molar-refractivity contribution in [3.8, 4) is 6.07 Å². The van der Waals surface area contributed by atoms with Gasteiger partial charge in [-0.15, -0.1) is 0 Å². The van der Waals surface area contributed by atoms with Crippen LogP contribution in [-0.4, -0.2) is 22.3 Å². The van der Waals surface area contributed by atoms with Crippen molar-refractivity contribution < 1.29 is 14.8 Å². The maximum atomic E-state index is 9.66. The molecule has 3 N–H and O–H groups in total. The Balaban J connectivity index is 0.00000166. The molecule has 0 spiro atoms. The van der Waals surface area contributed by atoms with E-state index in [2.05, 4.69) is 25.4 Å². The van der Waals surface area contributed by atoms with Gasteiger partial charge in [0, 0.05) is 17.2 Å². The van der Waals surface area contributed by atoms with Crippen LogP contribution in [0.1, 0.15) is 30.8 Å². The molecule has 3 rings (SSSR count). The summed E-state index contributed by atoms with van der Waals surface area (Å²) in [5.41, 5.74) is 4.77. The number of benzene rings is 2. The fourth-order valence-corrected chi connectivity index (χ4v) is 3.25. The highest BCUT2D eigenvalue weighted by molar-refractivity contribution is 7.07. The number of allylic oxidation sites excluding steroid dienone is 5. The van der Waals surface area contributed by atoms with Crippen molar-refractivity contribution in [2.75, 3.05) is 7.11 Å². The van der Waals surface area contributed by atoms with Crippen LogP contribution in [0.2, 0.25) is 0 Å². The molecule has 0 amide bonds. The summed E-state index contributed by atoms with van der Waals surface area (Å²) >= 11 is 0. The van der Waals surface area contributed by atoms with Crippen molar-refractivity contribution in [2.24, 2.45) is 0 Å². The third-order valence-electron chi connectivity index (χ3n) is 4.39. The van der Waals surface area contributed by atoms with Crippen LogP contribution >= 0.6 is 9.39 Å². The maximum Gasteiger partial charge on any atom is 0.167 e. The lowest BCUT2D eigenvalue weighted by atomic mass is 10.1. The van der Waals surface area contributed by atoms with Gasteiger partial charge < -0.3 is 9.72 Å². The van der Waals surface area contributed by atoms with Crippen LogP contribution in [0.15, 0.2) is 66.8 Å². The average molecular weight is 435 g/mol. The van der Waals surface area contributed by atoms with Crippen molar-refractivity contribution in [3.63, 3.8) is 0 Å². The van der Waals surface area contributed by atoms with Crippen molar-refractivity contribution in [2.45, 2.75) is 20.8 Å². The Labute approximate surface area is 185 Å². The normalized spacial score (nSPS) is 12.9. The van der Waals surface area contributed by atoms with Gasteiger partial charge in [-0.25, -0.2) is 10.2 Å². The summed E-state index contributed by atoms with van der Waals surface area (Å²) in [4.78, 5) is 7.81. The van der Waals surface area contributed by atoms with Gasteiger partial charge in [0.25, 0.3) is 0 Å². The number of methoxy groups -OCH3 is 1. The number of nitriles is 1. The topological polar surface area (TPSA) is 86.4 Å². The first-order chi connectivity index (χ1) is 15.0. The quantitative estimate of drug-likeness (QED) is 0.172. The first-order valence-corrected chi connectivity index (χ1v) is 10.5. The molecule has 7 heteroatoms. The predicted molar refractivity (Wildman–Crippen MR) is 128 cm³/mol. The number of ether oxygens (including phenoxy) is 1. The molecule has 0 aliphatic heterocycles. The molecule has 2 atom stereocenters. The summed E-state index contributed by atoms with van der Waals surface area (Å²) in [7, 11) is 3.90. The number of aryl methyl sites for hydroxylation is 1. The van der Waals surface area contributed by atoms with E-state index >= 15 is 0 Å². The monoisotopic (exact) mass is 435 g/mol. The number of aromatic amines is 1. The average Bonchev–Trinajstić information content (AvgIpc) is 3.21. The van der Waals surface area contributed by atoms with Gasteiger partial charge in [-0.2, -0.15) is 10.1 Å². The van der Waals surface area contributed by atoms with Crippen molar-refractivity contribution in [1.82, 2.24) is 9.97 Å². The van der Waals surface area contributed by atoms with E-state index in [1.165, 1.54) is 0 Å². The SMILES string of the molecule is CC.CO\C(=C/C=C/C=C(\C#N)c1nc2ccccc2[nH]1)c1ccc([NH+](O)P)c(C)c1. The Morgan fingerprint density at radius 1 is 1.19 bits per heavy atom. The van der Waals surface area contributed by atoms with Gasteiger partial charge >= 0.3 is 0 Å². The van der Waals surface area contributed by atoms with Gasteiger partial charge in [-0.3, -0.25) is 0 Å². The number of fused-ring (bicyclic) bond motifs is 1. The summed E-state index contributed by atoms with van der Waals surface area (Å²) < 4.78 is 5.48. The van der Waals surface area contributed by atoms with Crippen LogP contribution in [0.3, 0.4) is 0 Å². The lowest BCUT2D eigenvalue weighted by Crippen LogP contribution is -2.94. The molecule has 1 aromatic heterocycles. The van der Waals surface area contributed by atoms with E-state index in [0.29, 0.717) is 17.2 Å². The van der Waals surface area contributed by atoms with E-state index in [1.54, 1.807) is 25.3 Å². The molecule has 0 aliphatic rings. The number of nitrogens with zero attached hydrogens (tertiary/aromatic N) is 2. The number of hydrogen-bond acceptors (Lipinski definition) is 4. The third-order valence-corrected chi connectivity index (χ3v) is 4.70. The van der Waals surface area contributed by atoms with E-state index in [1.807, 2.05) is 69.3 Å². The Morgan fingerprint density at radius 2 is 1.90 bits per heavy atom. The van der Waals surface area contributed by atoms with Gasteiger partial charge in [-0.05, 0) is 43.3 Å². The molecule has 31 heavy (non-hydrogen) atoms. The molecule has 2 aromatic carbocycles. The van der Waals surface area contributed by atoms with E-state index < -0.39 is 0 Å². The standard InChI is InChI=1S/C22H21N4O2P.C2H6/c1-15-13-16(11-12-20(15)26(27)29)21(28-2)10-6-3-7-17(14-23)22-24-18-8-4-5-9-19(18)25-22;1-2/h3-13,27H,29H2,1-2H3,(H,24,25);1-2H3/p+1/b6-3+,17-7+,21-10-;. The molecule has 6 nitrogen and oxygen atoms in total. The molecule has 2 unspecified atom stereocenters. The third kappa shape index (κ3) is 6.13. The van der Waals surface area contributed by atoms with Crippen LogP contribution in [0.4, 0.5) is 5.69 Å². The molecular weight excluding hydrogens is 407 g/mol. The second-order valence-electron chi connectivity index (χ2n) is 6.33. The largest absolute Gasteiger partial charge is 0.496 e. The Bertz CT molecular complexity index is 1120. The molecule has 0 saturated heterocycles. The fourth-order valence-electron chi connectivity index (χ4n) is 2.93. The van der Waals surface area contributed by atoms with Crippen molar-refractivity contribution in [3.05, 3.63) is 83.7 Å². The molecule has 0 bridgehead atoms. The van der Waals surface area contributed by atoms with Crippen molar-refractivity contribution >= 4 is 37.4 Å². The zero-order valence-electron chi connectivity index (χ0n) is 18.2. The minimum Gasteiger partial charge on any atom is -0.496 e. The molecule has 0 fully saturated rings. The van der Waals surface area contributed by atoms with Gasteiger partial charge in [0.05, 0.1) is 23.7 Å². The van der Waals surface area contributed by atoms with Gasteiger partial charge in [0.1, 0.15) is 27.0 Å². The second kappa shape index (κ2) is 11.8. The van der Waals surface area contributed by atoms with E-state index in [4.69, 9.17) is 4.74 Å². The molecule has 0 saturated carbocycles. The maximum absolute atomic E-state index is 9.66. The lowest BCUT2D eigenvalue weighted by molar-refractivity contribution is -0.917. The Morgan fingerprint density at radius 3 is 2.52 bits per heavy atom. The molecule has 1 heterocycles. The summed E-state index contributed by atoms with van der Waals surface area (Å²) in [5.74, 6) is 1.21. The summed E-state index contributed by atoms with van der Waals surface area (Å²) in [6, 6.07) is 15.5. The van der Waals surface area contributed by atoms with Crippen LogP contribution in [0, 0.1) is 18.3 Å². The minimum atomic E-state index is 0.205. The summed E-state index contributed by atoms with van der Waals surface area (Å²) in [6.07, 6.45) is 7.11. The Kier molecular flexibility index (Phi) is 9.17. The van der Waals surface area contributed by atoms with Gasteiger partial charge in [0.15, 0.2) is 5.69 Å². The molecular formula is C24H28N4O2P+. The summed E-state index contributed by atoms with van der Waals surface area (Å²) in [6.45, 7) is 5.93. The van der Waals surface area contributed by atoms with Crippen LogP contribution in [-0.2, 0) is 4.74 Å². The number of rotatable bonds is 6. The van der Waals surface area contributed by atoms with E-state index in [0.717, 1.165) is 27.8 Å². The number of aromatic nitrogens is 2. The fraction of sp³-hybridized carbons (Fsp3) is 0.167. The van der Waals surface area contributed by atoms with Gasteiger partial charge in [0.2, 0.25) is 0 Å². The van der Waals surface area contributed by atoms with Crippen LogP contribution in [0.5, 0.6) is 0 Å². The van der Waals surface area contributed by atoms with Crippen molar-refractivity contribution in [1.29, 1.82) is 5.26 Å². The highest BCUT2D eigenvalue weighted by Gasteiger charge is 2.10. The molecule has 0 aliphatic carbocycles. The smallest absolute Gasteiger partial charge is 0.167 e. The number of H-pyrrole nitrogens is 1. The number of nitrogens with one attached hydrogen (secondary N) is 2. The number of quaternary nitrogens is 1. The highest BCUT2D eigenvalue weighted by Crippen LogP contribution is 2.21. The second-order valence-corrected chi connectivity index (χ2v) is 6.88. The molecule has 0 radical (unpaired) electrons. The first-order valence-electron chi connectivity index (χ1n) is 9.94. The van der Waals surface area contributed by atoms with Gasteiger partial charge in [-0.1, -0.05) is 38.1 Å². The number of hydrogen-bond donors (Lipinski definition) is 3. The highest BCUT2D eigenvalue weighted by atomic mass is 31.0. The number of imidazole rings is 1. The minimum absolute atomic E-state index is 0.205. The summed E-state index contributed by atoms with van der Waals surface area (Å²) in [5, 5.41) is 19.1. The first kappa shape index (κ1) is 24.0. The molecule has 160 valence electrons. The predicted octanol–water partition coefficient (Wildman–Crippen LogP) is 4.74. The Hall–Kier alpha value is -3.23. The number of para-hydroxylation sites is 2. The zero-order valence-corrected chi connectivity index (χ0v) is 19.3. The van der Waals surface area contributed by atoms with E-state index in [9.17, 15) is 10.5 Å². The zero-order chi connectivity index (χ0) is 22.8.